The fourth-order valence-electron chi connectivity index (χ4n) is 4.16. The van der Waals surface area contributed by atoms with Crippen LogP contribution in [0.3, 0.4) is 0 Å². The molecule has 41 heavy (non-hydrogen) atoms. The van der Waals surface area contributed by atoms with Gasteiger partial charge in [-0.15, -0.1) is 0 Å². The number of nitrogens with zero attached hydrogens (tertiary/aromatic N) is 2. The second-order valence-corrected chi connectivity index (χ2v) is 9.47. The predicted octanol–water partition coefficient (Wildman–Crippen LogP) is 1.77. The molecule has 0 spiro atoms. The quantitative estimate of drug-likeness (QED) is 0.208. The maximum atomic E-state index is 13.3. The van der Waals surface area contributed by atoms with Crippen LogP contribution in [0.4, 0.5) is 18.9 Å². The number of hydrogen-bond donors (Lipinski definition) is 5. The number of carbonyl (C=O) groups is 3. The fourth-order valence-corrected chi connectivity index (χ4v) is 4.16. The lowest BCUT2D eigenvalue weighted by atomic mass is 10.0. The molecule has 1 aromatic heterocycles. The minimum Gasteiger partial charge on any atom is -0.343 e. The van der Waals surface area contributed by atoms with Crippen LogP contribution in [0.25, 0.3) is 10.9 Å². The molecule has 3 amide bonds. The van der Waals surface area contributed by atoms with Gasteiger partial charge in [-0.1, -0.05) is 30.3 Å². The van der Waals surface area contributed by atoms with Gasteiger partial charge < -0.3 is 32.7 Å². The average molecular weight is 574 g/mol. The zero-order chi connectivity index (χ0) is 30.0. The number of carbonyl (C=O) groups excluding carboxylic acids is 3. The van der Waals surface area contributed by atoms with Gasteiger partial charge in [0.2, 0.25) is 17.7 Å². The van der Waals surface area contributed by atoms with Gasteiger partial charge in [0, 0.05) is 44.4 Å². The maximum absolute atomic E-state index is 13.3. The molecule has 0 aliphatic carbocycles. The SMILES string of the molecule is NCCN(CCN)C(=O)CC[C@H](N)C(=O)N[C@H](Cc1ccc(C(F)(F)F)cc1)C(=O)Nc1cnc2ccccc2c1. The zero-order valence-electron chi connectivity index (χ0n) is 22.4. The Labute approximate surface area is 235 Å². The molecule has 0 bridgehead atoms. The molecule has 220 valence electrons. The molecule has 10 nitrogen and oxygen atoms in total. The summed E-state index contributed by atoms with van der Waals surface area (Å²) >= 11 is 0. The Morgan fingerprint density at radius 3 is 2.24 bits per heavy atom. The lowest BCUT2D eigenvalue weighted by Crippen LogP contribution is -2.51. The van der Waals surface area contributed by atoms with Crippen molar-refractivity contribution in [1.82, 2.24) is 15.2 Å². The number of alkyl halides is 3. The molecule has 8 N–H and O–H groups in total. The summed E-state index contributed by atoms with van der Waals surface area (Å²) in [5, 5.41) is 6.07. The third kappa shape index (κ3) is 9.23. The molecule has 0 radical (unpaired) electrons. The zero-order valence-corrected chi connectivity index (χ0v) is 22.4. The number of aromatic nitrogens is 1. The first-order valence-electron chi connectivity index (χ1n) is 13.1. The van der Waals surface area contributed by atoms with E-state index < -0.39 is 35.6 Å². The van der Waals surface area contributed by atoms with E-state index in [4.69, 9.17) is 17.2 Å². The number of anilines is 1. The third-order valence-electron chi connectivity index (χ3n) is 6.37. The molecule has 0 saturated carbocycles. The van der Waals surface area contributed by atoms with Crippen molar-refractivity contribution in [3.05, 3.63) is 71.9 Å². The highest BCUT2D eigenvalue weighted by Gasteiger charge is 2.30. The summed E-state index contributed by atoms with van der Waals surface area (Å²) in [5.74, 6) is -1.56. The molecule has 3 aromatic rings. The summed E-state index contributed by atoms with van der Waals surface area (Å²) in [7, 11) is 0. The van der Waals surface area contributed by atoms with Crippen molar-refractivity contribution in [2.45, 2.75) is 37.5 Å². The first-order chi connectivity index (χ1) is 19.5. The van der Waals surface area contributed by atoms with Gasteiger partial charge in [0.1, 0.15) is 6.04 Å². The Hall–Kier alpha value is -4.07. The van der Waals surface area contributed by atoms with Crippen LogP contribution in [0.2, 0.25) is 0 Å². The summed E-state index contributed by atoms with van der Waals surface area (Å²) in [4.78, 5) is 44.5. The van der Waals surface area contributed by atoms with Gasteiger partial charge in [0.15, 0.2) is 0 Å². The van der Waals surface area contributed by atoms with Gasteiger partial charge in [-0.2, -0.15) is 13.2 Å². The number of hydrogen-bond acceptors (Lipinski definition) is 7. The summed E-state index contributed by atoms with van der Waals surface area (Å²) in [6.07, 6.45) is -3.19. The second kappa shape index (κ2) is 14.5. The standard InChI is InChI=1S/C28H34F3N7O3/c29-28(30,31)20-7-5-18(6-8-20)15-24(27(41)36-21-16-19-3-1-2-4-23(19)35-17-21)37-26(40)22(34)9-10-25(39)38(13-11-32)14-12-33/h1-8,16-17,22,24H,9-15,32-34H2,(H,36,41)(H,37,40)/t22-,24+/m0/s1. The number of benzene rings is 2. The highest BCUT2D eigenvalue weighted by molar-refractivity contribution is 5.99. The second-order valence-electron chi connectivity index (χ2n) is 9.47. The fraction of sp³-hybridized carbons (Fsp3) is 0.357. The summed E-state index contributed by atoms with van der Waals surface area (Å²) in [6, 6.07) is 11.0. The van der Waals surface area contributed by atoms with Gasteiger partial charge in [-0.25, -0.2) is 0 Å². The van der Waals surface area contributed by atoms with Crippen molar-refractivity contribution in [2.75, 3.05) is 31.5 Å². The Balaban J connectivity index is 1.73. The van der Waals surface area contributed by atoms with E-state index in [0.717, 1.165) is 23.0 Å². The smallest absolute Gasteiger partial charge is 0.343 e. The van der Waals surface area contributed by atoms with E-state index in [1.807, 2.05) is 24.3 Å². The first kappa shape index (κ1) is 31.5. The van der Waals surface area contributed by atoms with Crippen LogP contribution >= 0.6 is 0 Å². The number of halogens is 3. The van der Waals surface area contributed by atoms with Crippen LogP contribution in [0, 0.1) is 0 Å². The van der Waals surface area contributed by atoms with Crippen molar-refractivity contribution in [1.29, 1.82) is 0 Å². The molecular weight excluding hydrogens is 539 g/mol. The topological polar surface area (TPSA) is 169 Å². The van der Waals surface area contributed by atoms with Gasteiger partial charge in [0.25, 0.3) is 0 Å². The lowest BCUT2D eigenvalue weighted by Gasteiger charge is -2.23. The van der Waals surface area contributed by atoms with E-state index in [9.17, 15) is 27.6 Å². The van der Waals surface area contributed by atoms with Crippen LogP contribution < -0.4 is 27.8 Å². The number of para-hydroxylation sites is 1. The maximum Gasteiger partial charge on any atom is 0.416 e. The molecule has 3 rings (SSSR count). The molecule has 0 fully saturated rings. The highest BCUT2D eigenvalue weighted by atomic mass is 19.4. The van der Waals surface area contributed by atoms with E-state index in [1.165, 1.54) is 23.2 Å². The normalized spacial score (nSPS) is 12.9. The monoisotopic (exact) mass is 573 g/mol. The van der Waals surface area contributed by atoms with Gasteiger partial charge in [0.05, 0.1) is 29.0 Å². The third-order valence-corrected chi connectivity index (χ3v) is 6.37. The Morgan fingerprint density at radius 2 is 1.61 bits per heavy atom. The molecule has 0 unspecified atom stereocenters. The number of rotatable bonds is 13. The number of pyridine rings is 1. The molecule has 1 heterocycles. The molecule has 13 heteroatoms. The van der Waals surface area contributed by atoms with E-state index in [1.54, 1.807) is 6.07 Å². The molecule has 2 aromatic carbocycles. The van der Waals surface area contributed by atoms with Gasteiger partial charge in [-0.05, 0) is 36.2 Å². The minimum atomic E-state index is -4.51. The minimum absolute atomic E-state index is 0.000473. The van der Waals surface area contributed by atoms with Crippen LogP contribution in [0.15, 0.2) is 60.8 Å². The lowest BCUT2D eigenvalue weighted by molar-refractivity contribution is -0.137. The number of amides is 3. The predicted molar refractivity (Wildman–Crippen MR) is 149 cm³/mol. The van der Waals surface area contributed by atoms with E-state index in [-0.39, 0.29) is 38.3 Å². The Bertz CT molecular complexity index is 1330. The van der Waals surface area contributed by atoms with Crippen LogP contribution in [-0.2, 0) is 27.0 Å². The largest absolute Gasteiger partial charge is 0.416 e. The van der Waals surface area contributed by atoms with Crippen LogP contribution in [0.5, 0.6) is 0 Å². The van der Waals surface area contributed by atoms with Crippen LogP contribution in [0.1, 0.15) is 24.0 Å². The van der Waals surface area contributed by atoms with Crippen LogP contribution in [-0.4, -0.2) is 65.9 Å². The molecular formula is C28H34F3N7O3. The van der Waals surface area contributed by atoms with Gasteiger partial charge >= 0.3 is 6.18 Å². The summed E-state index contributed by atoms with van der Waals surface area (Å²) in [6.45, 7) is 1.14. The van der Waals surface area contributed by atoms with Gasteiger partial charge in [-0.3, -0.25) is 19.4 Å². The van der Waals surface area contributed by atoms with Crippen molar-refractivity contribution >= 4 is 34.3 Å². The van der Waals surface area contributed by atoms with Crippen molar-refractivity contribution in [3.63, 3.8) is 0 Å². The molecule has 2 atom stereocenters. The average Bonchev–Trinajstić information content (AvgIpc) is 2.94. The van der Waals surface area contributed by atoms with Crippen molar-refractivity contribution < 1.29 is 27.6 Å². The highest BCUT2D eigenvalue weighted by Crippen LogP contribution is 2.29. The van der Waals surface area contributed by atoms with Crippen molar-refractivity contribution in [2.24, 2.45) is 17.2 Å². The summed E-state index contributed by atoms with van der Waals surface area (Å²) < 4.78 is 39.0. The molecule has 0 aliphatic rings. The first-order valence-corrected chi connectivity index (χ1v) is 13.1. The number of nitrogens with two attached hydrogens (primary N) is 3. The number of nitrogens with one attached hydrogen (secondary N) is 2. The Kier molecular flexibility index (Phi) is 11.1. The van der Waals surface area contributed by atoms with E-state index in [2.05, 4.69) is 15.6 Å². The van der Waals surface area contributed by atoms with Crippen molar-refractivity contribution in [3.8, 4) is 0 Å². The number of fused-ring (bicyclic) bond motifs is 1. The van der Waals surface area contributed by atoms with E-state index in [0.29, 0.717) is 24.3 Å². The Morgan fingerprint density at radius 1 is 0.951 bits per heavy atom. The molecule has 0 saturated heterocycles. The molecule has 0 aliphatic heterocycles. The van der Waals surface area contributed by atoms with E-state index >= 15 is 0 Å². The summed E-state index contributed by atoms with van der Waals surface area (Å²) in [5.41, 5.74) is 17.8.